The van der Waals surface area contributed by atoms with Gasteiger partial charge in [-0.1, -0.05) is 27.7 Å². The van der Waals surface area contributed by atoms with E-state index in [1.54, 1.807) is 4.52 Å². The van der Waals surface area contributed by atoms with Gasteiger partial charge in [-0.2, -0.15) is 9.61 Å². The van der Waals surface area contributed by atoms with Crippen molar-refractivity contribution >= 4 is 11.5 Å². The van der Waals surface area contributed by atoms with E-state index in [2.05, 4.69) is 43.2 Å². The molecule has 92 valence electrons. The number of hydrogen-bond acceptors (Lipinski definition) is 4. The minimum atomic E-state index is 0.00590. The zero-order chi connectivity index (χ0) is 12.6. The Bertz CT molecular complexity index is 536. The molecule has 2 rings (SSSR count). The Morgan fingerprint density at radius 1 is 1.35 bits per heavy atom. The van der Waals surface area contributed by atoms with E-state index in [0.29, 0.717) is 0 Å². The van der Waals surface area contributed by atoms with Gasteiger partial charge in [0, 0.05) is 23.2 Å². The largest absolute Gasteiger partial charge is 0.308 e. The van der Waals surface area contributed by atoms with Crippen LogP contribution in [-0.2, 0) is 11.8 Å². The van der Waals surface area contributed by atoms with Crippen LogP contribution in [0.15, 0.2) is 12.1 Å². The van der Waals surface area contributed by atoms with Gasteiger partial charge >= 0.3 is 0 Å². The highest BCUT2D eigenvalue weighted by Gasteiger charge is 2.19. The number of hydrogen-bond donors (Lipinski definition) is 2. The van der Waals surface area contributed by atoms with Crippen LogP contribution in [0.25, 0.3) is 5.65 Å². The minimum Gasteiger partial charge on any atom is -0.308 e. The van der Waals surface area contributed by atoms with Crippen LogP contribution in [0, 0.1) is 0 Å². The second-order valence-corrected chi connectivity index (χ2v) is 5.18. The van der Waals surface area contributed by atoms with E-state index in [9.17, 15) is 0 Å². The molecule has 0 atom stereocenters. The second-order valence-electron chi connectivity index (χ2n) is 5.18. The van der Waals surface area contributed by atoms with E-state index < -0.39 is 0 Å². The van der Waals surface area contributed by atoms with Crippen molar-refractivity contribution in [1.29, 1.82) is 0 Å². The Balaban J connectivity index is 2.67. The first-order valence-electron chi connectivity index (χ1n) is 5.82. The molecule has 5 heteroatoms. The maximum atomic E-state index is 5.52. The van der Waals surface area contributed by atoms with Crippen LogP contribution in [0.5, 0.6) is 0 Å². The fraction of sp³-hybridized carbons (Fsp3) is 0.500. The number of rotatable bonds is 2. The zero-order valence-corrected chi connectivity index (χ0v) is 10.8. The number of fused-ring (bicyclic) bond motifs is 1. The van der Waals surface area contributed by atoms with Gasteiger partial charge in [0.15, 0.2) is 5.65 Å². The molecule has 2 aromatic rings. The normalized spacial score (nSPS) is 12.1. The van der Waals surface area contributed by atoms with Crippen molar-refractivity contribution < 1.29 is 0 Å². The first-order valence-corrected chi connectivity index (χ1v) is 5.82. The summed E-state index contributed by atoms with van der Waals surface area (Å²) in [5.41, 5.74) is 5.53. The highest BCUT2D eigenvalue weighted by molar-refractivity contribution is 5.50. The van der Waals surface area contributed by atoms with Crippen molar-refractivity contribution in [2.75, 3.05) is 5.43 Å². The van der Waals surface area contributed by atoms with Gasteiger partial charge in [-0.15, -0.1) is 0 Å². The maximum absolute atomic E-state index is 5.52. The number of aryl methyl sites for hydroxylation is 1. The van der Waals surface area contributed by atoms with Crippen LogP contribution in [0.2, 0.25) is 0 Å². The Morgan fingerprint density at radius 2 is 2.06 bits per heavy atom. The average molecular weight is 233 g/mol. The number of nitrogen functional groups attached to an aromatic ring is 1. The molecule has 0 aliphatic heterocycles. The van der Waals surface area contributed by atoms with Crippen LogP contribution in [0.4, 0.5) is 5.82 Å². The third-order valence-corrected chi connectivity index (χ3v) is 2.76. The summed E-state index contributed by atoms with van der Waals surface area (Å²) in [6, 6.07) is 3.94. The molecule has 2 aromatic heterocycles. The Hall–Kier alpha value is -1.62. The molecule has 0 radical (unpaired) electrons. The first kappa shape index (κ1) is 11.9. The molecule has 0 aliphatic carbocycles. The number of nitrogens with zero attached hydrogens (tertiary/aromatic N) is 3. The Labute approximate surface area is 101 Å². The lowest BCUT2D eigenvalue weighted by molar-refractivity contribution is 0.563. The van der Waals surface area contributed by atoms with Crippen molar-refractivity contribution in [2.24, 2.45) is 5.84 Å². The molecular formula is C12H19N5. The molecule has 0 amide bonds. The monoisotopic (exact) mass is 233 g/mol. The van der Waals surface area contributed by atoms with E-state index in [1.165, 1.54) is 0 Å². The average Bonchev–Trinajstić information content (AvgIpc) is 2.70. The Morgan fingerprint density at radius 3 is 2.59 bits per heavy atom. The number of nitrogens with two attached hydrogens (primary N) is 1. The third-order valence-electron chi connectivity index (χ3n) is 2.76. The maximum Gasteiger partial charge on any atom is 0.157 e. The second kappa shape index (κ2) is 4.00. The van der Waals surface area contributed by atoms with E-state index >= 15 is 0 Å². The number of nitrogens with one attached hydrogen (secondary N) is 1. The van der Waals surface area contributed by atoms with Crippen molar-refractivity contribution in [2.45, 2.75) is 39.5 Å². The topological polar surface area (TPSA) is 68.2 Å². The number of aromatic nitrogens is 3. The summed E-state index contributed by atoms with van der Waals surface area (Å²) in [4.78, 5) is 4.54. The highest BCUT2D eigenvalue weighted by atomic mass is 15.4. The summed E-state index contributed by atoms with van der Waals surface area (Å²) in [5, 5.41) is 4.54. The van der Waals surface area contributed by atoms with Crippen LogP contribution >= 0.6 is 0 Å². The number of hydrazine groups is 1. The van der Waals surface area contributed by atoms with Crippen LogP contribution in [-0.4, -0.2) is 14.6 Å². The van der Waals surface area contributed by atoms with E-state index in [4.69, 9.17) is 5.84 Å². The molecule has 0 aliphatic rings. The van der Waals surface area contributed by atoms with Gasteiger partial charge in [-0.25, -0.2) is 10.8 Å². The minimum absolute atomic E-state index is 0.00590. The van der Waals surface area contributed by atoms with Gasteiger partial charge in [0.05, 0.1) is 5.69 Å². The molecule has 2 heterocycles. The highest BCUT2D eigenvalue weighted by Crippen LogP contribution is 2.23. The molecule has 17 heavy (non-hydrogen) atoms. The summed E-state index contributed by atoms with van der Waals surface area (Å²) < 4.78 is 1.75. The summed E-state index contributed by atoms with van der Waals surface area (Å²) in [6.45, 7) is 8.46. The lowest BCUT2D eigenvalue weighted by Gasteiger charge is -2.13. The summed E-state index contributed by atoms with van der Waals surface area (Å²) in [6.07, 6.45) is 0.876. The van der Waals surface area contributed by atoms with E-state index in [1.807, 2.05) is 12.1 Å². The van der Waals surface area contributed by atoms with Gasteiger partial charge in [0.2, 0.25) is 0 Å². The van der Waals surface area contributed by atoms with Crippen molar-refractivity contribution in [1.82, 2.24) is 14.6 Å². The molecular weight excluding hydrogens is 214 g/mol. The summed E-state index contributed by atoms with van der Waals surface area (Å²) in [5.74, 6) is 6.29. The molecule has 0 bridgehead atoms. The Kier molecular flexibility index (Phi) is 2.79. The molecule has 0 saturated carbocycles. The first-order chi connectivity index (χ1) is 7.95. The van der Waals surface area contributed by atoms with Crippen LogP contribution < -0.4 is 11.3 Å². The zero-order valence-electron chi connectivity index (χ0n) is 10.8. The smallest absolute Gasteiger partial charge is 0.157 e. The van der Waals surface area contributed by atoms with Gasteiger partial charge in [0.1, 0.15) is 5.82 Å². The van der Waals surface area contributed by atoms with Gasteiger partial charge < -0.3 is 5.43 Å². The standard InChI is InChI=1S/C12H19N5/c1-5-8-6-11(15-13)17-10(14-8)7-9(16-17)12(2,3)4/h6-7,15H,5,13H2,1-4H3. The fourth-order valence-electron chi connectivity index (χ4n) is 1.68. The van der Waals surface area contributed by atoms with Gasteiger partial charge in [-0.3, -0.25) is 0 Å². The van der Waals surface area contributed by atoms with E-state index in [0.717, 1.165) is 29.3 Å². The third kappa shape index (κ3) is 2.10. The summed E-state index contributed by atoms with van der Waals surface area (Å²) >= 11 is 0. The van der Waals surface area contributed by atoms with Crippen LogP contribution in [0.3, 0.4) is 0 Å². The van der Waals surface area contributed by atoms with E-state index in [-0.39, 0.29) is 5.41 Å². The molecule has 3 N–H and O–H groups in total. The molecule has 0 fully saturated rings. The molecule has 0 unspecified atom stereocenters. The van der Waals surface area contributed by atoms with Gasteiger partial charge in [-0.05, 0) is 6.42 Å². The van der Waals surface area contributed by atoms with Crippen LogP contribution in [0.1, 0.15) is 39.1 Å². The quantitative estimate of drug-likeness (QED) is 0.614. The summed E-state index contributed by atoms with van der Waals surface area (Å²) in [7, 11) is 0. The molecule has 0 saturated heterocycles. The molecule has 0 spiro atoms. The molecule has 0 aromatic carbocycles. The number of anilines is 1. The fourth-order valence-corrected chi connectivity index (χ4v) is 1.68. The van der Waals surface area contributed by atoms with Crippen molar-refractivity contribution in [3.05, 3.63) is 23.5 Å². The predicted molar refractivity (Wildman–Crippen MR) is 68.9 cm³/mol. The van der Waals surface area contributed by atoms with Crippen molar-refractivity contribution in [3.8, 4) is 0 Å². The van der Waals surface area contributed by atoms with Gasteiger partial charge in [0.25, 0.3) is 0 Å². The lowest BCUT2D eigenvalue weighted by Crippen LogP contribution is -2.14. The van der Waals surface area contributed by atoms with Crippen molar-refractivity contribution in [3.63, 3.8) is 0 Å². The SMILES string of the molecule is CCc1cc(NN)n2nc(C(C)(C)C)cc2n1. The molecule has 5 nitrogen and oxygen atoms in total. The predicted octanol–water partition coefficient (Wildman–Crippen LogP) is 1.87. The lowest BCUT2D eigenvalue weighted by atomic mass is 9.93.